The summed E-state index contributed by atoms with van der Waals surface area (Å²) in [6.45, 7) is 6.74. The summed E-state index contributed by atoms with van der Waals surface area (Å²) >= 11 is 0. The van der Waals surface area contributed by atoms with E-state index in [9.17, 15) is 27.6 Å². The molecule has 2 saturated carbocycles. The van der Waals surface area contributed by atoms with Gasteiger partial charge in [0.15, 0.2) is 0 Å². The summed E-state index contributed by atoms with van der Waals surface area (Å²) in [6, 6.07) is 3.00. The van der Waals surface area contributed by atoms with Crippen LogP contribution in [0.15, 0.2) is 36.4 Å². The third-order valence-electron chi connectivity index (χ3n) is 11.8. The van der Waals surface area contributed by atoms with Gasteiger partial charge in [0.05, 0.1) is 31.0 Å². The summed E-state index contributed by atoms with van der Waals surface area (Å²) in [6.07, 6.45) is 12.3. The van der Waals surface area contributed by atoms with Gasteiger partial charge in [-0.2, -0.15) is 0 Å². The number of rotatable bonds is 6. The number of allylic oxidation sites excluding steroid dienone is 2. The average Bonchev–Trinajstić information content (AvgIpc) is 4.09. The van der Waals surface area contributed by atoms with Crippen molar-refractivity contribution in [2.24, 2.45) is 11.3 Å². The molecule has 58 heavy (non-hydrogen) atoms. The summed E-state index contributed by atoms with van der Waals surface area (Å²) in [7, 11) is -0.606. The van der Waals surface area contributed by atoms with Gasteiger partial charge in [0.2, 0.25) is 27.7 Å². The fourth-order valence-corrected chi connectivity index (χ4v) is 9.78. The Hall–Kier alpha value is -4.86. The zero-order chi connectivity index (χ0) is 41.4. The number of hydrogen-bond donors (Lipinski definition) is 3. The van der Waals surface area contributed by atoms with Crippen LogP contribution in [-0.2, 0) is 24.4 Å². The van der Waals surface area contributed by atoms with Gasteiger partial charge in [-0.15, -0.1) is 0 Å². The molecule has 5 bridgehead atoms. The van der Waals surface area contributed by atoms with E-state index in [2.05, 4.69) is 29.2 Å². The molecule has 5 amide bonds. The largest absolute Gasteiger partial charge is 0.496 e. The van der Waals surface area contributed by atoms with Crippen molar-refractivity contribution in [2.45, 2.75) is 114 Å². The van der Waals surface area contributed by atoms with E-state index in [0.717, 1.165) is 18.4 Å². The van der Waals surface area contributed by atoms with Crippen molar-refractivity contribution in [3.05, 3.63) is 42.0 Å². The SMILES string of the molecule is CCOc1cc2c3cc(c(OC)cc3n1)/C=C/CC(C)(C)CN(C)C(=O)N[C@H]1CCCCC/C=C\[C@H]3C[C@@]3(C(=O)NS(=O)(=O)C3CC3)NC(=O)[C@@H]3C[C@H](CN3C1=O)O2. The first-order valence-corrected chi connectivity index (χ1v) is 22.0. The highest BCUT2D eigenvalue weighted by Gasteiger charge is 2.62. The first-order chi connectivity index (χ1) is 27.6. The fourth-order valence-electron chi connectivity index (χ4n) is 8.41. The molecular weight excluding hydrogens is 765 g/mol. The number of sulfonamides is 1. The molecule has 1 aromatic heterocycles. The molecule has 5 atom stereocenters. The van der Waals surface area contributed by atoms with Crippen molar-refractivity contribution in [3.8, 4) is 17.4 Å². The zero-order valence-electron chi connectivity index (χ0n) is 34.0. The van der Waals surface area contributed by atoms with Crippen molar-refractivity contribution in [1.29, 1.82) is 0 Å². The van der Waals surface area contributed by atoms with Crippen LogP contribution in [0.1, 0.15) is 90.5 Å². The lowest BCUT2D eigenvalue weighted by Gasteiger charge is -2.33. The zero-order valence-corrected chi connectivity index (χ0v) is 34.9. The molecular formula is C42H56N6O9S. The Morgan fingerprint density at radius 2 is 1.88 bits per heavy atom. The molecule has 2 aliphatic carbocycles. The molecule has 4 heterocycles. The molecule has 0 radical (unpaired) electrons. The van der Waals surface area contributed by atoms with Crippen molar-refractivity contribution in [1.82, 2.24) is 30.1 Å². The number of nitrogens with one attached hydrogen (secondary N) is 3. The highest BCUT2D eigenvalue weighted by molar-refractivity contribution is 7.91. The van der Waals surface area contributed by atoms with E-state index in [4.69, 9.17) is 19.2 Å². The lowest BCUT2D eigenvalue weighted by Crippen LogP contribution is -2.59. The smallest absolute Gasteiger partial charge is 0.317 e. The van der Waals surface area contributed by atoms with Gasteiger partial charge in [0.25, 0.3) is 5.91 Å². The molecule has 314 valence electrons. The van der Waals surface area contributed by atoms with Crippen LogP contribution in [0.5, 0.6) is 17.4 Å². The minimum atomic E-state index is -3.90. The van der Waals surface area contributed by atoms with Gasteiger partial charge in [0.1, 0.15) is 35.2 Å². The predicted molar refractivity (Wildman–Crippen MR) is 218 cm³/mol. The third-order valence-corrected chi connectivity index (χ3v) is 13.6. The quantitative estimate of drug-likeness (QED) is 0.352. The molecule has 0 unspecified atom stereocenters. The number of pyridine rings is 1. The van der Waals surface area contributed by atoms with Gasteiger partial charge in [0, 0.05) is 49.0 Å². The molecule has 1 aromatic carbocycles. The molecule has 3 aliphatic heterocycles. The van der Waals surface area contributed by atoms with Crippen molar-refractivity contribution in [2.75, 3.05) is 33.9 Å². The lowest BCUT2D eigenvalue weighted by molar-refractivity contribution is -0.141. The second-order valence-corrected chi connectivity index (χ2v) is 19.1. The minimum Gasteiger partial charge on any atom is -0.496 e. The number of amides is 5. The minimum absolute atomic E-state index is 0.00144. The first-order valence-electron chi connectivity index (χ1n) is 20.5. The Balaban J connectivity index is 1.29. The number of methoxy groups -OCH3 is 1. The summed E-state index contributed by atoms with van der Waals surface area (Å²) in [5.41, 5.74) is -0.496. The average molecular weight is 821 g/mol. The Labute approximate surface area is 340 Å². The molecule has 3 N–H and O–H groups in total. The number of ether oxygens (including phenoxy) is 3. The monoisotopic (exact) mass is 820 g/mol. The van der Waals surface area contributed by atoms with Crippen molar-refractivity contribution >= 4 is 50.8 Å². The third kappa shape index (κ3) is 8.91. The number of aromatic nitrogens is 1. The molecule has 15 nitrogen and oxygen atoms in total. The highest BCUT2D eigenvalue weighted by Crippen LogP contribution is 2.46. The number of urea groups is 1. The number of benzene rings is 1. The van der Waals surface area contributed by atoms with Gasteiger partial charge in [-0.25, -0.2) is 18.2 Å². The second-order valence-electron chi connectivity index (χ2n) is 17.1. The standard InChI is InChI=1S/C42H56N6O9S/c1-6-56-36-22-35-30-19-26(34(55-5)21-32(30)43-36)13-12-18-41(2,3)25-47(4)40(52)44-31-15-11-9-7-8-10-14-27-23-42(27,39(51)46-58(53,54)29-16-17-29)45-37(49)33-20-28(57-35)24-48(33)38(31)50/h10,12-14,19,21-22,27-29,31,33H,6-9,11,15-18,20,23-25H2,1-5H3,(H,44,52)(H,45,49)(H,46,51)/b13-12+,14-10-/t27-,28+,31-,33-,42+/m0/s1. The molecule has 5 aliphatic rings. The van der Waals surface area contributed by atoms with Gasteiger partial charge >= 0.3 is 6.03 Å². The van der Waals surface area contributed by atoms with Crippen LogP contribution in [0.2, 0.25) is 0 Å². The van der Waals surface area contributed by atoms with Crippen LogP contribution in [0.25, 0.3) is 17.0 Å². The molecule has 3 fully saturated rings. The number of carbonyl (C=O) groups is 4. The van der Waals surface area contributed by atoms with Crippen molar-refractivity contribution in [3.63, 3.8) is 0 Å². The Morgan fingerprint density at radius 1 is 1.09 bits per heavy atom. The Morgan fingerprint density at radius 3 is 2.62 bits per heavy atom. The van der Waals surface area contributed by atoms with Crippen LogP contribution in [0.3, 0.4) is 0 Å². The maximum atomic E-state index is 14.8. The summed E-state index contributed by atoms with van der Waals surface area (Å²) in [4.78, 5) is 64.8. The summed E-state index contributed by atoms with van der Waals surface area (Å²) in [5.74, 6) is -0.892. The van der Waals surface area contributed by atoms with E-state index in [1.165, 1.54) is 4.90 Å². The van der Waals surface area contributed by atoms with E-state index < -0.39 is 68.7 Å². The normalized spacial score (nSPS) is 29.1. The van der Waals surface area contributed by atoms with Gasteiger partial charge in [-0.05, 0) is 63.4 Å². The fraction of sp³-hybridized carbons (Fsp3) is 0.595. The van der Waals surface area contributed by atoms with Gasteiger partial charge in [-0.1, -0.05) is 51.0 Å². The second kappa shape index (κ2) is 16.4. The van der Waals surface area contributed by atoms with E-state index in [-0.39, 0.29) is 24.8 Å². The highest BCUT2D eigenvalue weighted by atomic mass is 32.2. The van der Waals surface area contributed by atoms with Gasteiger partial charge in [-0.3, -0.25) is 19.1 Å². The molecule has 16 heteroatoms. The topological polar surface area (TPSA) is 186 Å². The van der Waals surface area contributed by atoms with Crippen LogP contribution in [-0.4, -0.2) is 110 Å². The Bertz CT molecular complexity index is 2120. The molecule has 1 saturated heterocycles. The van der Waals surface area contributed by atoms with Crippen LogP contribution < -0.4 is 29.6 Å². The summed E-state index contributed by atoms with van der Waals surface area (Å²) in [5, 5.41) is 5.97. The Kier molecular flexibility index (Phi) is 11.7. The maximum Gasteiger partial charge on any atom is 0.317 e. The van der Waals surface area contributed by atoms with Crippen LogP contribution in [0.4, 0.5) is 4.79 Å². The summed E-state index contributed by atoms with van der Waals surface area (Å²) < 4.78 is 46.4. The molecule has 0 spiro atoms. The maximum absolute atomic E-state index is 14.8. The first kappa shape index (κ1) is 41.3. The van der Waals surface area contributed by atoms with E-state index in [1.807, 2.05) is 43.4 Å². The van der Waals surface area contributed by atoms with Crippen LogP contribution in [0, 0.1) is 11.3 Å². The van der Waals surface area contributed by atoms with E-state index in [1.54, 1.807) is 25.1 Å². The predicted octanol–water partition coefficient (Wildman–Crippen LogP) is 4.45. The van der Waals surface area contributed by atoms with Gasteiger partial charge < -0.3 is 34.6 Å². The number of nitrogens with zero attached hydrogens (tertiary/aromatic N) is 3. The number of carbonyl (C=O) groups excluding carboxylic acids is 4. The lowest BCUT2D eigenvalue weighted by atomic mass is 9.88. The van der Waals surface area contributed by atoms with E-state index >= 15 is 0 Å². The van der Waals surface area contributed by atoms with E-state index in [0.29, 0.717) is 80.0 Å². The van der Waals surface area contributed by atoms with Crippen molar-refractivity contribution < 1.29 is 41.8 Å². The molecule has 2 aromatic rings. The number of fused-ring (bicyclic) bond motifs is 4. The number of hydrogen-bond acceptors (Lipinski definition) is 10. The molecule has 7 rings (SSSR count). The van der Waals surface area contributed by atoms with Crippen LogP contribution >= 0.6 is 0 Å².